The topological polar surface area (TPSA) is 59.9 Å². The zero-order chi connectivity index (χ0) is 13.9. The van der Waals surface area contributed by atoms with Gasteiger partial charge in [0.05, 0.1) is 26.0 Å². The quantitative estimate of drug-likeness (QED) is 0.937. The smallest absolute Gasteiger partial charge is 0.443 e. The summed E-state index contributed by atoms with van der Waals surface area (Å²) in [5.41, 5.74) is 0. The molecule has 0 saturated heterocycles. The lowest BCUT2D eigenvalue weighted by Gasteiger charge is -2.03. The molecular weight excluding hydrogens is 281 g/mol. The number of hydrogen-bond acceptors (Lipinski definition) is 6. The molecule has 2 aromatic heterocycles. The fraction of sp³-hybridized carbons (Fsp3) is 0.300. The fourth-order valence-electron chi connectivity index (χ4n) is 1.20. The molecule has 0 spiro atoms. The van der Waals surface area contributed by atoms with Gasteiger partial charge < -0.3 is 10.1 Å². The van der Waals surface area contributed by atoms with Gasteiger partial charge in [-0.15, -0.1) is 11.3 Å². The molecule has 19 heavy (non-hydrogen) atoms. The average molecular weight is 290 g/mol. The van der Waals surface area contributed by atoms with Gasteiger partial charge in [0.1, 0.15) is 0 Å². The van der Waals surface area contributed by atoms with Crippen molar-refractivity contribution in [2.24, 2.45) is 0 Å². The van der Waals surface area contributed by atoms with Crippen molar-refractivity contribution in [1.29, 1.82) is 0 Å². The van der Waals surface area contributed by atoms with Crippen molar-refractivity contribution in [3.05, 3.63) is 28.5 Å². The summed E-state index contributed by atoms with van der Waals surface area (Å²) >= 11 is 0.588. The highest BCUT2D eigenvalue weighted by molar-refractivity contribution is 7.11. The molecule has 5 nitrogen and oxygen atoms in total. The van der Waals surface area contributed by atoms with Crippen molar-refractivity contribution in [3.63, 3.8) is 0 Å². The van der Waals surface area contributed by atoms with Gasteiger partial charge in [-0.2, -0.15) is 13.2 Å². The summed E-state index contributed by atoms with van der Waals surface area (Å²) in [6.45, 7) is 0.181. The van der Waals surface area contributed by atoms with E-state index in [-0.39, 0.29) is 6.54 Å². The Morgan fingerprint density at radius 1 is 1.21 bits per heavy atom. The van der Waals surface area contributed by atoms with Crippen LogP contribution in [0.15, 0.2) is 18.6 Å². The number of anilines is 1. The maximum Gasteiger partial charge on any atom is 0.443 e. The Bertz CT molecular complexity index is 540. The van der Waals surface area contributed by atoms with E-state index in [0.717, 1.165) is 0 Å². The molecule has 0 amide bonds. The summed E-state index contributed by atoms with van der Waals surface area (Å²) in [5, 5.41) is 1.94. The number of rotatable bonds is 4. The molecule has 0 saturated carbocycles. The molecule has 1 N–H and O–H groups in total. The molecule has 0 aliphatic carbocycles. The predicted octanol–water partition coefficient (Wildman–Crippen LogP) is 2.57. The Balaban J connectivity index is 1.96. The number of halogens is 3. The summed E-state index contributed by atoms with van der Waals surface area (Å²) in [4.78, 5) is 11.6. The minimum atomic E-state index is -4.40. The number of hydrogen-bond donors (Lipinski definition) is 1. The van der Waals surface area contributed by atoms with E-state index in [2.05, 4.69) is 20.3 Å². The van der Waals surface area contributed by atoms with Crippen LogP contribution in [0.5, 0.6) is 5.75 Å². The maximum absolute atomic E-state index is 12.3. The van der Waals surface area contributed by atoms with E-state index in [0.29, 0.717) is 27.9 Å². The predicted molar refractivity (Wildman–Crippen MR) is 63.0 cm³/mol. The number of nitrogens with zero attached hydrogens (tertiary/aromatic N) is 3. The van der Waals surface area contributed by atoms with Crippen LogP contribution < -0.4 is 10.1 Å². The Hall–Kier alpha value is -1.90. The van der Waals surface area contributed by atoms with Crippen molar-refractivity contribution in [1.82, 2.24) is 15.0 Å². The highest BCUT2D eigenvalue weighted by Crippen LogP contribution is 2.32. The third-order valence-electron chi connectivity index (χ3n) is 2.08. The number of thiazole rings is 1. The first kappa shape index (κ1) is 13.5. The molecule has 0 unspecified atom stereocenters. The molecule has 0 bridgehead atoms. The maximum atomic E-state index is 12.3. The largest absolute Gasteiger partial charge is 0.494 e. The highest BCUT2D eigenvalue weighted by Gasteiger charge is 2.34. The monoisotopic (exact) mass is 290 g/mol. The van der Waals surface area contributed by atoms with Crippen LogP contribution in [0.1, 0.15) is 9.88 Å². The molecule has 0 fully saturated rings. The number of alkyl halides is 3. The van der Waals surface area contributed by atoms with Gasteiger partial charge in [-0.1, -0.05) is 0 Å². The molecule has 2 aromatic rings. The molecule has 0 aromatic carbocycles. The average Bonchev–Trinajstić information content (AvgIpc) is 2.86. The second-order valence-corrected chi connectivity index (χ2v) is 4.54. The van der Waals surface area contributed by atoms with Crippen LogP contribution in [0.25, 0.3) is 0 Å². The first-order valence-electron chi connectivity index (χ1n) is 5.11. The van der Waals surface area contributed by atoms with E-state index in [1.165, 1.54) is 25.7 Å². The third kappa shape index (κ3) is 3.53. The van der Waals surface area contributed by atoms with Gasteiger partial charge in [-0.25, -0.2) is 15.0 Å². The second-order valence-electron chi connectivity index (χ2n) is 3.43. The molecule has 2 heterocycles. The van der Waals surface area contributed by atoms with Crippen molar-refractivity contribution >= 4 is 17.3 Å². The van der Waals surface area contributed by atoms with Crippen LogP contribution in [0, 0.1) is 0 Å². The Morgan fingerprint density at radius 2 is 1.89 bits per heavy atom. The summed E-state index contributed by atoms with van der Waals surface area (Å²) in [6, 6.07) is 0. The number of aromatic nitrogens is 3. The van der Waals surface area contributed by atoms with Gasteiger partial charge in [0.25, 0.3) is 0 Å². The zero-order valence-electron chi connectivity index (χ0n) is 9.73. The van der Waals surface area contributed by atoms with E-state index in [1.54, 1.807) is 0 Å². The standard InChI is InChI=1S/C10H9F3N4OS/c1-18-6-2-15-9(16-3-6)17-5-7-4-14-8(19-7)10(11,12)13/h2-4H,5H2,1H3,(H,15,16,17). The summed E-state index contributed by atoms with van der Waals surface area (Å²) in [5.74, 6) is 0.811. The van der Waals surface area contributed by atoms with Crippen LogP contribution in [-0.4, -0.2) is 22.1 Å². The van der Waals surface area contributed by atoms with E-state index >= 15 is 0 Å². The molecule has 9 heteroatoms. The lowest BCUT2D eigenvalue weighted by atomic mass is 10.5. The molecular formula is C10H9F3N4OS. The Labute approximate surface area is 110 Å². The van der Waals surface area contributed by atoms with Crippen LogP contribution >= 0.6 is 11.3 Å². The van der Waals surface area contributed by atoms with Crippen LogP contribution in [0.2, 0.25) is 0 Å². The van der Waals surface area contributed by atoms with Crippen molar-refractivity contribution in [2.75, 3.05) is 12.4 Å². The molecule has 102 valence electrons. The first-order valence-corrected chi connectivity index (χ1v) is 5.92. The first-order chi connectivity index (χ1) is 8.99. The summed E-state index contributed by atoms with van der Waals surface area (Å²) in [6.07, 6.45) is -0.296. The summed E-state index contributed by atoms with van der Waals surface area (Å²) < 4.78 is 41.9. The third-order valence-corrected chi connectivity index (χ3v) is 3.12. The minimum absolute atomic E-state index is 0.181. The molecule has 0 atom stereocenters. The van der Waals surface area contributed by atoms with Gasteiger partial charge in [0, 0.05) is 11.1 Å². The van der Waals surface area contributed by atoms with E-state index in [1.807, 2.05) is 0 Å². The van der Waals surface area contributed by atoms with Crippen molar-refractivity contribution in [3.8, 4) is 5.75 Å². The highest BCUT2D eigenvalue weighted by atomic mass is 32.1. The van der Waals surface area contributed by atoms with Crippen LogP contribution in [0.4, 0.5) is 19.1 Å². The van der Waals surface area contributed by atoms with E-state index in [9.17, 15) is 13.2 Å². The summed E-state index contributed by atoms with van der Waals surface area (Å²) in [7, 11) is 1.49. The van der Waals surface area contributed by atoms with Gasteiger partial charge >= 0.3 is 6.18 Å². The number of ether oxygens (including phenoxy) is 1. The second kappa shape index (κ2) is 5.39. The van der Waals surface area contributed by atoms with Gasteiger partial charge in [-0.05, 0) is 0 Å². The fourth-order valence-corrected chi connectivity index (χ4v) is 1.92. The molecule has 0 aliphatic heterocycles. The van der Waals surface area contributed by atoms with E-state index < -0.39 is 11.2 Å². The Kier molecular flexibility index (Phi) is 3.84. The van der Waals surface area contributed by atoms with Crippen molar-refractivity contribution in [2.45, 2.75) is 12.7 Å². The zero-order valence-corrected chi connectivity index (χ0v) is 10.5. The molecule has 0 radical (unpaired) electrons. The van der Waals surface area contributed by atoms with E-state index in [4.69, 9.17) is 4.74 Å². The number of methoxy groups -OCH3 is 1. The lowest BCUT2D eigenvalue weighted by molar-refractivity contribution is -0.137. The van der Waals surface area contributed by atoms with Crippen LogP contribution in [-0.2, 0) is 12.7 Å². The van der Waals surface area contributed by atoms with Crippen molar-refractivity contribution < 1.29 is 17.9 Å². The molecule has 0 aliphatic rings. The SMILES string of the molecule is COc1cnc(NCc2cnc(C(F)(F)F)s2)nc1. The van der Waals surface area contributed by atoms with Crippen LogP contribution in [0.3, 0.4) is 0 Å². The normalized spacial score (nSPS) is 11.4. The number of nitrogens with one attached hydrogen (secondary N) is 1. The minimum Gasteiger partial charge on any atom is -0.494 e. The van der Waals surface area contributed by atoms with Gasteiger partial charge in [0.15, 0.2) is 10.8 Å². The van der Waals surface area contributed by atoms with Gasteiger partial charge in [0.2, 0.25) is 5.95 Å². The Morgan fingerprint density at radius 3 is 2.42 bits per heavy atom. The van der Waals surface area contributed by atoms with Gasteiger partial charge in [-0.3, -0.25) is 0 Å². The molecule has 2 rings (SSSR count). The lowest BCUT2D eigenvalue weighted by Crippen LogP contribution is -2.03.